The van der Waals surface area contributed by atoms with E-state index in [1.165, 1.54) is 0 Å². The van der Waals surface area contributed by atoms with Gasteiger partial charge in [0.05, 0.1) is 12.2 Å². The van der Waals surface area contributed by atoms with Gasteiger partial charge in [0.1, 0.15) is 5.60 Å². The van der Waals surface area contributed by atoms with Crippen molar-refractivity contribution in [1.29, 1.82) is 0 Å². The lowest BCUT2D eigenvalue weighted by atomic mass is 10.1. The summed E-state index contributed by atoms with van der Waals surface area (Å²) in [4.78, 5) is 27.2. The van der Waals surface area contributed by atoms with Crippen LogP contribution in [-0.2, 0) is 4.74 Å². The standard InChI is InChI=1S/C14H20N6O4/c1-14(2,3)23-13(22)19-6-4-9(5-7-19)20-8-10(16-18-20)11-15-12(21)24-17-11/h8-9H,4-7H2,1-3H3,(H,15,17,21). The lowest BCUT2D eigenvalue weighted by Gasteiger charge is -2.33. The molecule has 0 aliphatic carbocycles. The summed E-state index contributed by atoms with van der Waals surface area (Å²) in [5, 5.41) is 11.7. The van der Waals surface area contributed by atoms with Crippen molar-refractivity contribution in [2.24, 2.45) is 0 Å². The second-order valence-corrected chi connectivity index (χ2v) is 6.73. The Morgan fingerprint density at radius 1 is 1.38 bits per heavy atom. The molecule has 10 heteroatoms. The van der Waals surface area contributed by atoms with Crippen LogP contribution in [0, 0.1) is 0 Å². The molecule has 1 aliphatic rings. The molecule has 1 amide bonds. The number of amides is 1. The molecule has 0 saturated carbocycles. The molecule has 10 nitrogen and oxygen atoms in total. The number of ether oxygens (including phenoxy) is 1. The van der Waals surface area contributed by atoms with Gasteiger partial charge in [-0.1, -0.05) is 10.4 Å². The van der Waals surface area contributed by atoms with Gasteiger partial charge >= 0.3 is 11.8 Å². The minimum Gasteiger partial charge on any atom is -0.444 e. The molecule has 3 rings (SSSR count). The quantitative estimate of drug-likeness (QED) is 0.874. The number of carbonyl (C=O) groups is 1. The summed E-state index contributed by atoms with van der Waals surface area (Å²) < 4.78 is 11.6. The molecular formula is C14H20N6O4. The first-order chi connectivity index (χ1) is 11.3. The average molecular weight is 336 g/mol. The summed E-state index contributed by atoms with van der Waals surface area (Å²) in [5.41, 5.74) is -0.0566. The number of nitrogens with zero attached hydrogens (tertiary/aromatic N) is 5. The van der Waals surface area contributed by atoms with Crippen LogP contribution in [0.25, 0.3) is 11.5 Å². The molecule has 0 radical (unpaired) electrons. The number of rotatable bonds is 2. The maximum absolute atomic E-state index is 12.1. The molecule has 2 aromatic heterocycles. The molecule has 0 spiro atoms. The molecule has 1 fully saturated rings. The lowest BCUT2D eigenvalue weighted by Crippen LogP contribution is -2.42. The van der Waals surface area contributed by atoms with Crippen LogP contribution >= 0.6 is 0 Å². The fraction of sp³-hybridized carbons (Fsp3) is 0.643. The van der Waals surface area contributed by atoms with Crippen molar-refractivity contribution < 1.29 is 14.1 Å². The van der Waals surface area contributed by atoms with Gasteiger partial charge in [0.25, 0.3) is 0 Å². The van der Waals surface area contributed by atoms with Gasteiger partial charge < -0.3 is 9.64 Å². The number of H-pyrrole nitrogens is 1. The molecule has 1 N–H and O–H groups in total. The van der Waals surface area contributed by atoms with Gasteiger partial charge in [0.2, 0.25) is 5.82 Å². The van der Waals surface area contributed by atoms with E-state index in [1.807, 2.05) is 20.8 Å². The molecule has 3 heterocycles. The minimum atomic E-state index is -0.634. The van der Waals surface area contributed by atoms with Crippen LogP contribution in [0.2, 0.25) is 0 Å². The first kappa shape index (κ1) is 16.2. The van der Waals surface area contributed by atoms with Crippen LogP contribution in [-0.4, -0.2) is 54.8 Å². The maximum atomic E-state index is 12.1. The van der Waals surface area contributed by atoms with Crippen molar-refractivity contribution in [2.45, 2.75) is 45.3 Å². The first-order valence-electron chi connectivity index (χ1n) is 7.78. The van der Waals surface area contributed by atoms with Crippen molar-refractivity contribution >= 4 is 6.09 Å². The van der Waals surface area contributed by atoms with Crippen molar-refractivity contribution in [3.63, 3.8) is 0 Å². The summed E-state index contributed by atoms with van der Waals surface area (Å²) in [6, 6.07) is 0.128. The molecule has 0 bridgehead atoms. The van der Waals surface area contributed by atoms with E-state index in [4.69, 9.17) is 4.74 Å². The Morgan fingerprint density at radius 3 is 2.67 bits per heavy atom. The molecule has 24 heavy (non-hydrogen) atoms. The van der Waals surface area contributed by atoms with Crippen LogP contribution in [0.3, 0.4) is 0 Å². The van der Waals surface area contributed by atoms with Crippen molar-refractivity contribution in [2.75, 3.05) is 13.1 Å². The van der Waals surface area contributed by atoms with E-state index in [0.29, 0.717) is 18.8 Å². The zero-order chi connectivity index (χ0) is 17.3. The zero-order valence-corrected chi connectivity index (χ0v) is 13.9. The fourth-order valence-electron chi connectivity index (χ4n) is 2.54. The van der Waals surface area contributed by atoms with E-state index < -0.39 is 11.4 Å². The molecule has 130 valence electrons. The minimum absolute atomic E-state index is 0.128. The lowest BCUT2D eigenvalue weighted by molar-refractivity contribution is 0.0184. The highest BCUT2D eigenvalue weighted by atomic mass is 16.6. The van der Waals surface area contributed by atoms with Gasteiger partial charge in [-0.15, -0.1) is 5.10 Å². The molecular weight excluding hydrogens is 316 g/mol. The van der Waals surface area contributed by atoms with E-state index in [2.05, 4.69) is 25.0 Å². The Hall–Kier alpha value is -2.65. The highest BCUT2D eigenvalue weighted by Crippen LogP contribution is 2.24. The van der Waals surface area contributed by atoms with E-state index in [-0.39, 0.29) is 18.0 Å². The SMILES string of the molecule is CC(C)(C)OC(=O)N1CCC(n2cc(-c3noc(=O)[nH]3)nn2)CC1. The van der Waals surface area contributed by atoms with Gasteiger partial charge in [0.15, 0.2) is 5.69 Å². The second-order valence-electron chi connectivity index (χ2n) is 6.73. The Balaban J connectivity index is 1.60. The summed E-state index contributed by atoms with van der Waals surface area (Å²) >= 11 is 0. The monoisotopic (exact) mass is 336 g/mol. The number of hydrogen-bond donors (Lipinski definition) is 1. The van der Waals surface area contributed by atoms with Gasteiger partial charge in [-0.2, -0.15) is 0 Å². The third-order valence-corrected chi connectivity index (χ3v) is 3.68. The third-order valence-electron chi connectivity index (χ3n) is 3.68. The molecule has 2 aromatic rings. The number of nitrogens with one attached hydrogen (secondary N) is 1. The summed E-state index contributed by atoms with van der Waals surface area (Å²) in [7, 11) is 0. The largest absolute Gasteiger partial charge is 0.444 e. The van der Waals surface area contributed by atoms with Crippen LogP contribution in [0.4, 0.5) is 4.79 Å². The maximum Gasteiger partial charge on any atom is 0.439 e. The third kappa shape index (κ3) is 3.63. The number of piperidine rings is 1. The predicted molar refractivity (Wildman–Crippen MR) is 82.2 cm³/mol. The first-order valence-corrected chi connectivity index (χ1v) is 7.78. The van der Waals surface area contributed by atoms with E-state index in [1.54, 1.807) is 15.8 Å². The molecule has 1 aliphatic heterocycles. The summed E-state index contributed by atoms with van der Waals surface area (Å²) in [6.07, 6.45) is 2.91. The fourth-order valence-corrected chi connectivity index (χ4v) is 2.54. The van der Waals surface area contributed by atoms with Gasteiger partial charge in [-0.25, -0.2) is 14.3 Å². The van der Waals surface area contributed by atoms with Crippen LogP contribution in [0.1, 0.15) is 39.7 Å². The average Bonchev–Trinajstić information content (AvgIpc) is 3.14. The Kier molecular flexibility index (Phi) is 4.12. The second kappa shape index (κ2) is 6.10. The van der Waals surface area contributed by atoms with Crippen LogP contribution in [0.5, 0.6) is 0 Å². The Morgan fingerprint density at radius 2 is 2.08 bits per heavy atom. The molecule has 0 aromatic carbocycles. The smallest absolute Gasteiger partial charge is 0.439 e. The molecule has 1 saturated heterocycles. The zero-order valence-electron chi connectivity index (χ0n) is 13.9. The van der Waals surface area contributed by atoms with Crippen molar-refractivity contribution in [1.82, 2.24) is 30.0 Å². The topological polar surface area (TPSA) is 119 Å². The number of hydrogen-bond acceptors (Lipinski definition) is 7. The predicted octanol–water partition coefficient (Wildman–Crippen LogP) is 1.19. The van der Waals surface area contributed by atoms with Gasteiger partial charge in [-0.3, -0.25) is 9.51 Å². The number of carbonyl (C=O) groups excluding carboxylic acids is 1. The van der Waals surface area contributed by atoms with Crippen LogP contribution in [0.15, 0.2) is 15.5 Å². The van der Waals surface area contributed by atoms with E-state index in [9.17, 15) is 9.59 Å². The summed E-state index contributed by atoms with van der Waals surface area (Å²) in [5.74, 6) is -0.386. The van der Waals surface area contributed by atoms with Crippen molar-refractivity contribution in [3.05, 3.63) is 16.7 Å². The highest BCUT2D eigenvalue weighted by Gasteiger charge is 2.28. The highest BCUT2D eigenvalue weighted by molar-refractivity contribution is 5.68. The Labute approximate surface area is 137 Å². The molecule has 0 atom stereocenters. The van der Waals surface area contributed by atoms with Crippen molar-refractivity contribution in [3.8, 4) is 11.5 Å². The van der Waals surface area contributed by atoms with E-state index >= 15 is 0 Å². The van der Waals surface area contributed by atoms with Crippen LogP contribution < -0.4 is 5.76 Å². The number of aromatic amines is 1. The Bertz CT molecular complexity index is 763. The van der Waals surface area contributed by atoms with E-state index in [0.717, 1.165) is 12.8 Å². The number of aromatic nitrogens is 5. The van der Waals surface area contributed by atoms with Gasteiger partial charge in [-0.05, 0) is 33.6 Å². The normalized spacial score (nSPS) is 16.4. The molecule has 0 unspecified atom stereocenters. The summed E-state index contributed by atoms with van der Waals surface area (Å²) in [6.45, 7) is 6.74. The van der Waals surface area contributed by atoms with Gasteiger partial charge in [0, 0.05) is 13.1 Å². The number of likely N-dealkylation sites (tertiary alicyclic amines) is 1.